The number of rotatable bonds is 8. The van der Waals surface area contributed by atoms with Crippen molar-refractivity contribution in [1.82, 2.24) is 15.6 Å². The normalized spacial score (nSPS) is 13.8. The van der Waals surface area contributed by atoms with Crippen molar-refractivity contribution >= 4 is 17.3 Å². The Morgan fingerprint density at radius 3 is 2.54 bits per heavy atom. The number of anilines is 1. The van der Waals surface area contributed by atoms with Gasteiger partial charge in [0.25, 0.3) is 5.91 Å². The van der Waals surface area contributed by atoms with E-state index in [1.807, 2.05) is 55.6 Å². The molecule has 0 aliphatic carbocycles. The number of hydrogen-bond donors (Lipinski definition) is 4. The zero-order valence-corrected chi connectivity index (χ0v) is 20.6. The van der Waals surface area contributed by atoms with E-state index in [-0.39, 0.29) is 11.9 Å². The summed E-state index contributed by atoms with van der Waals surface area (Å²) < 4.78 is 6.10. The molecule has 1 amide bonds. The van der Waals surface area contributed by atoms with Crippen molar-refractivity contribution in [1.29, 1.82) is 5.41 Å². The largest absolute Gasteiger partial charge is 0.457 e. The zero-order valence-electron chi connectivity index (χ0n) is 20.6. The average molecular weight is 472 g/mol. The molecule has 7 nitrogen and oxygen atoms in total. The van der Waals surface area contributed by atoms with Crippen molar-refractivity contribution < 1.29 is 9.53 Å². The number of carbonyl (C=O) groups is 1. The average Bonchev–Trinajstić information content (AvgIpc) is 2.88. The fourth-order valence-corrected chi connectivity index (χ4v) is 4.39. The van der Waals surface area contributed by atoms with E-state index in [1.54, 1.807) is 13.1 Å². The van der Waals surface area contributed by atoms with Gasteiger partial charge in [-0.3, -0.25) is 9.78 Å². The number of carbonyl (C=O) groups excluding carboxylic acids is 1. The quantitative estimate of drug-likeness (QED) is 0.346. The second-order valence-corrected chi connectivity index (χ2v) is 8.78. The number of aryl methyl sites for hydroxylation is 1. The summed E-state index contributed by atoms with van der Waals surface area (Å²) in [5, 5.41) is 17.6. The molecule has 0 atom stereocenters. The molecule has 0 unspecified atom stereocenters. The van der Waals surface area contributed by atoms with Crippen LogP contribution in [0.25, 0.3) is 11.3 Å². The Balaban J connectivity index is 1.53. The first-order valence-electron chi connectivity index (χ1n) is 12.1. The third kappa shape index (κ3) is 5.87. The molecule has 0 saturated carbocycles. The van der Waals surface area contributed by atoms with Gasteiger partial charge in [0.05, 0.1) is 5.69 Å². The van der Waals surface area contributed by atoms with Crippen molar-refractivity contribution in [2.45, 2.75) is 39.2 Å². The highest BCUT2D eigenvalue weighted by atomic mass is 16.5. The van der Waals surface area contributed by atoms with E-state index in [1.165, 1.54) is 0 Å². The maximum Gasteiger partial charge on any atom is 0.251 e. The van der Waals surface area contributed by atoms with Gasteiger partial charge in [0.15, 0.2) is 0 Å². The number of nitrogens with one attached hydrogen (secondary N) is 4. The van der Waals surface area contributed by atoms with Gasteiger partial charge in [-0.25, -0.2) is 0 Å². The van der Waals surface area contributed by atoms with Crippen molar-refractivity contribution in [2.75, 3.05) is 25.5 Å². The molecule has 3 aromatic rings. The predicted molar refractivity (Wildman–Crippen MR) is 141 cm³/mol. The maximum atomic E-state index is 12.9. The fraction of sp³-hybridized carbons (Fsp3) is 0.321. The van der Waals surface area contributed by atoms with Crippen molar-refractivity contribution in [3.05, 3.63) is 71.4 Å². The molecule has 0 bridgehead atoms. The van der Waals surface area contributed by atoms with E-state index in [0.29, 0.717) is 17.2 Å². The molecule has 1 aliphatic rings. The van der Waals surface area contributed by atoms with Crippen LogP contribution in [0.15, 0.2) is 54.7 Å². The van der Waals surface area contributed by atoms with E-state index in [2.05, 4.69) is 27.9 Å². The van der Waals surface area contributed by atoms with Crippen LogP contribution in [-0.4, -0.2) is 42.8 Å². The molecule has 2 heterocycles. The van der Waals surface area contributed by atoms with Crippen LogP contribution in [0.1, 0.15) is 48.2 Å². The minimum absolute atomic E-state index is 0.00529. The number of piperidine rings is 1. The van der Waals surface area contributed by atoms with Gasteiger partial charge >= 0.3 is 0 Å². The highest BCUT2D eigenvalue weighted by molar-refractivity contribution is 6.01. The lowest BCUT2D eigenvalue weighted by Gasteiger charge is -2.24. The summed E-state index contributed by atoms with van der Waals surface area (Å²) in [5.41, 5.74) is 5.62. The molecule has 0 radical (unpaired) electrons. The van der Waals surface area contributed by atoms with Crippen LogP contribution in [0, 0.1) is 5.41 Å². The molecule has 182 valence electrons. The number of benzene rings is 2. The third-order valence-corrected chi connectivity index (χ3v) is 6.33. The summed E-state index contributed by atoms with van der Waals surface area (Å²) >= 11 is 0. The van der Waals surface area contributed by atoms with Crippen molar-refractivity contribution in [3.8, 4) is 22.8 Å². The Hall–Kier alpha value is -3.71. The van der Waals surface area contributed by atoms with Gasteiger partial charge in [-0.1, -0.05) is 13.0 Å². The summed E-state index contributed by atoms with van der Waals surface area (Å²) in [6.45, 7) is 5.71. The van der Waals surface area contributed by atoms with Gasteiger partial charge in [0.1, 0.15) is 11.5 Å². The summed E-state index contributed by atoms with van der Waals surface area (Å²) in [6.07, 6.45) is 4.40. The molecular weight excluding hydrogens is 438 g/mol. The Kier molecular flexibility index (Phi) is 7.77. The van der Waals surface area contributed by atoms with Crippen LogP contribution < -0.4 is 20.7 Å². The van der Waals surface area contributed by atoms with E-state index in [0.717, 1.165) is 66.0 Å². The van der Waals surface area contributed by atoms with Crippen molar-refractivity contribution in [3.63, 3.8) is 0 Å². The molecule has 4 rings (SSSR count). The van der Waals surface area contributed by atoms with Gasteiger partial charge in [-0.05, 0) is 75.2 Å². The van der Waals surface area contributed by atoms with E-state index >= 15 is 0 Å². The third-order valence-electron chi connectivity index (χ3n) is 6.33. The van der Waals surface area contributed by atoms with Gasteiger partial charge < -0.3 is 26.1 Å². The first-order chi connectivity index (χ1) is 17.0. The molecular formula is C28H33N5O2. The van der Waals surface area contributed by atoms with Crippen molar-refractivity contribution in [2.24, 2.45) is 0 Å². The number of aromatic nitrogens is 1. The fourth-order valence-electron chi connectivity index (χ4n) is 4.39. The highest BCUT2D eigenvalue weighted by Gasteiger charge is 2.18. The maximum absolute atomic E-state index is 12.9. The summed E-state index contributed by atoms with van der Waals surface area (Å²) in [6, 6.07) is 15.5. The molecule has 7 heteroatoms. The number of ether oxygens (including phenoxy) is 1. The zero-order chi connectivity index (χ0) is 24.8. The summed E-state index contributed by atoms with van der Waals surface area (Å²) in [5.74, 6) is 1.34. The van der Waals surface area contributed by atoms with E-state index in [9.17, 15) is 4.79 Å². The second kappa shape index (κ2) is 11.1. The predicted octanol–water partition coefficient (Wildman–Crippen LogP) is 5.01. The number of hydrogen-bond acceptors (Lipinski definition) is 6. The molecule has 1 fully saturated rings. The smallest absolute Gasteiger partial charge is 0.251 e. The van der Waals surface area contributed by atoms with Crippen LogP contribution in [0.2, 0.25) is 0 Å². The minimum Gasteiger partial charge on any atom is -0.457 e. The number of amides is 1. The lowest BCUT2D eigenvalue weighted by Crippen LogP contribution is -2.42. The molecule has 1 aromatic heterocycles. The highest BCUT2D eigenvalue weighted by Crippen LogP contribution is 2.30. The minimum atomic E-state index is -0.00529. The molecule has 0 spiro atoms. The Morgan fingerprint density at radius 2 is 1.83 bits per heavy atom. The second-order valence-electron chi connectivity index (χ2n) is 8.78. The van der Waals surface area contributed by atoms with Gasteiger partial charge in [-0.2, -0.15) is 0 Å². The number of nitrogens with zero attached hydrogens (tertiary/aromatic N) is 1. The molecule has 35 heavy (non-hydrogen) atoms. The van der Waals surface area contributed by atoms with E-state index < -0.39 is 0 Å². The first kappa shape index (κ1) is 24.4. The van der Waals surface area contributed by atoms with E-state index in [4.69, 9.17) is 10.1 Å². The molecule has 1 aliphatic heterocycles. The molecule has 4 N–H and O–H groups in total. The lowest BCUT2D eigenvalue weighted by molar-refractivity contribution is 0.0928. The van der Waals surface area contributed by atoms with Gasteiger partial charge in [0, 0.05) is 59.5 Å². The standard InChI is InChI=1S/C28H33N5O2/c1-4-19-15-20(5-7-25(19)28(34)33-21-9-12-31-13-10-21)26-16-23(11-14-32-26)35-22-6-8-24(18(2)29)27(17-22)30-3/h5-8,11,14-17,21,29-31H,4,9-10,12-13H2,1-3H3,(H,33,34). The van der Waals surface area contributed by atoms with Gasteiger partial charge in [-0.15, -0.1) is 0 Å². The Bertz CT molecular complexity index is 1220. The van der Waals surface area contributed by atoms with Crippen LogP contribution in [-0.2, 0) is 6.42 Å². The van der Waals surface area contributed by atoms with Crippen LogP contribution >= 0.6 is 0 Å². The van der Waals surface area contributed by atoms with Crippen LogP contribution in [0.3, 0.4) is 0 Å². The van der Waals surface area contributed by atoms with Crippen LogP contribution in [0.4, 0.5) is 5.69 Å². The molecule has 2 aromatic carbocycles. The van der Waals surface area contributed by atoms with Gasteiger partial charge in [0.2, 0.25) is 0 Å². The molecule has 1 saturated heterocycles. The lowest BCUT2D eigenvalue weighted by atomic mass is 9.98. The number of pyridine rings is 1. The Labute approximate surface area is 206 Å². The Morgan fingerprint density at radius 1 is 1.09 bits per heavy atom. The first-order valence-corrected chi connectivity index (χ1v) is 12.1. The summed E-state index contributed by atoms with van der Waals surface area (Å²) in [4.78, 5) is 17.5. The summed E-state index contributed by atoms with van der Waals surface area (Å²) in [7, 11) is 1.83. The van der Waals surface area contributed by atoms with Crippen LogP contribution in [0.5, 0.6) is 11.5 Å². The monoisotopic (exact) mass is 471 g/mol. The SMILES string of the molecule is CCc1cc(-c2cc(Oc3ccc(C(C)=N)c(NC)c3)ccn2)ccc1C(=O)NC1CCNCC1. The topological polar surface area (TPSA) is 99.1 Å².